The molecule has 0 fully saturated rings. The highest BCUT2D eigenvalue weighted by atomic mass is 14.1. The summed E-state index contributed by atoms with van der Waals surface area (Å²) in [7, 11) is 0. The summed E-state index contributed by atoms with van der Waals surface area (Å²) >= 11 is 0. The summed E-state index contributed by atoms with van der Waals surface area (Å²) < 4.78 is 0. The zero-order valence-corrected chi connectivity index (χ0v) is 12.3. The van der Waals surface area contributed by atoms with Crippen molar-refractivity contribution in [2.75, 3.05) is 0 Å². The third-order valence-corrected chi connectivity index (χ3v) is 4.20. The molecule has 0 atom stereocenters. The maximum absolute atomic E-state index is 3.86. The van der Waals surface area contributed by atoms with Crippen LogP contribution < -0.4 is 0 Å². The Morgan fingerprint density at radius 1 is 0.636 bits per heavy atom. The van der Waals surface area contributed by atoms with Gasteiger partial charge in [0, 0.05) is 0 Å². The Morgan fingerprint density at radius 2 is 1.45 bits per heavy atom. The van der Waals surface area contributed by atoms with Gasteiger partial charge in [-0.2, -0.15) is 0 Å². The van der Waals surface area contributed by atoms with E-state index >= 15 is 0 Å². The normalized spacial score (nSPS) is 10.9. The standard InChI is InChI=1S/C22H16/c1-2-16-10-11-17-12-13-19(15-20(17)14-16)22-9-5-7-18-6-3-4-8-21(18)22/h2-15H,1H2. The Labute approximate surface area is 130 Å². The Balaban J connectivity index is 1.98. The lowest BCUT2D eigenvalue weighted by Crippen LogP contribution is -1.82. The fraction of sp³-hybridized carbons (Fsp3) is 0. The van der Waals surface area contributed by atoms with Gasteiger partial charge >= 0.3 is 0 Å². The SMILES string of the molecule is C=Cc1ccc2ccc(-c3cccc4ccccc34)cc2c1. The molecule has 0 aliphatic rings. The van der Waals surface area contributed by atoms with E-state index in [4.69, 9.17) is 0 Å². The highest BCUT2D eigenvalue weighted by molar-refractivity contribution is 5.99. The van der Waals surface area contributed by atoms with Crippen molar-refractivity contribution in [1.29, 1.82) is 0 Å². The van der Waals surface area contributed by atoms with Crippen molar-refractivity contribution in [3.63, 3.8) is 0 Å². The lowest BCUT2D eigenvalue weighted by Gasteiger charge is -2.08. The zero-order chi connectivity index (χ0) is 14.9. The highest BCUT2D eigenvalue weighted by Crippen LogP contribution is 2.31. The van der Waals surface area contributed by atoms with E-state index in [0.717, 1.165) is 5.56 Å². The van der Waals surface area contributed by atoms with Gasteiger partial charge < -0.3 is 0 Å². The second kappa shape index (κ2) is 5.16. The number of hydrogen-bond donors (Lipinski definition) is 0. The van der Waals surface area contributed by atoms with E-state index in [1.165, 1.54) is 32.7 Å². The summed E-state index contributed by atoms with van der Waals surface area (Å²) in [5, 5.41) is 5.08. The Morgan fingerprint density at radius 3 is 2.36 bits per heavy atom. The molecule has 0 saturated heterocycles. The quantitative estimate of drug-likeness (QED) is 0.404. The van der Waals surface area contributed by atoms with Crippen molar-refractivity contribution in [3.05, 3.63) is 91.0 Å². The zero-order valence-electron chi connectivity index (χ0n) is 12.3. The van der Waals surface area contributed by atoms with Crippen LogP contribution in [0.3, 0.4) is 0 Å². The van der Waals surface area contributed by atoms with Gasteiger partial charge in [0.2, 0.25) is 0 Å². The molecule has 4 rings (SSSR count). The van der Waals surface area contributed by atoms with Crippen LogP contribution in [0.1, 0.15) is 5.56 Å². The molecule has 0 saturated carbocycles. The number of benzene rings is 4. The highest BCUT2D eigenvalue weighted by Gasteiger charge is 2.04. The molecule has 0 heterocycles. The van der Waals surface area contributed by atoms with Gasteiger partial charge in [0.05, 0.1) is 0 Å². The fourth-order valence-electron chi connectivity index (χ4n) is 3.04. The summed E-state index contributed by atoms with van der Waals surface area (Å²) in [6.07, 6.45) is 1.89. The third-order valence-electron chi connectivity index (χ3n) is 4.20. The average molecular weight is 280 g/mol. The molecule has 0 aliphatic carbocycles. The molecule has 22 heavy (non-hydrogen) atoms. The maximum atomic E-state index is 3.86. The first kappa shape index (κ1) is 12.8. The molecular weight excluding hydrogens is 264 g/mol. The monoisotopic (exact) mass is 280 g/mol. The molecule has 0 unspecified atom stereocenters. The maximum Gasteiger partial charge on any atom is -0.0105 e. The van der Waals surface area contributed by atoms with Gasteiger partial charge in [0.25, 0.3) is 0 Å². The first-order valence-corrected chi connectivity index (χ1v) is 7.49. The summed E-state index contributed by atoms with van der Waals surface area (Å²) in [5.74, 6) is 0. The first-order chi connectivity index (χ1) is 10.8. The largest absolute Gasteiger partial charge is 0.0985 e. The smallest absolute Gasteiger partial charge is 0.0105 e. The van der Waals surface area contributed by atoms with E-state index in [0.29, 0.717) is 0 Å². The van der Waals surface area contributed by atoms with Gasteiger partial charge in [0.15, 0.2) is 0 Å². The fourth-order valence-corrected chi connectivity index (χ4v) is 3.04. The van der Waals surface area contributed by atoms with Crippen molar-refractivity contribution in [3.8, 4) is 11.1 Å². The van der Waals surface area contributed by atoms with Gasteiger partial charge in [-0.1, -0.05) is 79.4 Å². The second-order valence-electron chi connectivity index (χ2n) is 5.55. The van der Waals surface area contributed by atoms with Crippen LogP contribution in [0.15, 0.2) is 85.4 Å². The molecule has 4 aromatic rings. The molecule has 0 heteroatoms. The van der Waals surface area contributed by atoms with Crippen LogP contribution in [0.25, 0.3) is 38.7 Å². The van der Waals surface area contributed by atoms with E-state index in [-0.39, 0.29) is 0 Å². The van der Waals surface area contributed by atoms with Gasteiger partial charge in [-0.15, -0.1) is 0 Å². The molecule has 0 aromatic heterocycles. The minimum absolute atomic E-state index is 1.16. The lowest BCUT2D eigenvalue weighted by molar-refractivity contribution is 1.67. The van der Waals surface area contributed by atoms with Crippen molar-refractivity contribution in [2.24, 2.45) is 0 Å². The molecule has 0 amide bonds. The van der Waals surface area contributed by atoms with Crippen LogP contribution in [0.5, 0.6) is 0 Å². The minimum Gasteiger partial charge on any atom is -0.0985 e. The van der Waals surface area contributed by atoms with Gasteiger partial charge in [0.1, 0.15) is 0 Å². The van der Waals surface area contributed by atoms with Crippen LogP contribution in [-0.4, -0.2) is 0 Å². The summed E-state index contributed by atoms with van der Waals surface area (Å²) in [6, 6.07) is 28.1. The Bertz CT molecular complexity index is 988. The molecule has 0 spiro atoms. The Kier molecular flexibility index (Phi) is 3.01. The predicted octanol–water partition coefficient (Wildman–Crippen LogP) is 6.30. The first-order valence-electron chi connectivity index (χ1n) is 7.49. The van der Waals surface area contributed by atoms with Gasteiger partial charge in [-0.25, -0.2) is 0 Å². The Hall–Kier alpha value is -2.86. The third kappa shape index (κ3) is 2.10. The van der Waals surface area contributed by atoms with E-state index in [1.54, 1.807) is 0 Å². The van der Waals surface area contributed by atoms with Crippen LogP contribution in [0, 0.1) is 0 Å². The van der Waals surface area contributed by atoms with Crippen molar-refractivity contribution in [2.45, 2.75) is 0 Å². The van der Waals surface area contributed by atoms with E-state index < -0.39 is 0 Å². The summed E-state index contributed by atoms with van der Waals surface area (Å²) in [6.45, 7) is 3.86. The molecule has 104 valence electrons. The van der Waals surface area contributed by atoms with Crippen molar-refractivity contribution in [1.82, 2.24) is 0 Å². The summed E-state index contributed by atoms with van der Waals surface area (Å²) in [4.78, 5) is 0. The van der Waals surface area contributed by atoms with E-state index in [9.17, 15) is 0 Å². The molecule has 0 aliphatic heterocycles. The molecule has 0 nitrogen and oxygen atoms in total. The molecule has 0 radical (unpaired) electrons. The predicted molar refractivity (Wildman–Crippen MR) is 97.0 cm³/mol. The second-order valence-corrected chi connectivity index (χ2v) is 5.55. The van der Waals surface area contributed by atoms with Gasteiger partial charge in [-0.05, 0) is 50.4 Å². The van der Waals surface area contributed by atoms with Crippen LogP contribution >= 0.6 is 0 Å². The van der Waals surface area contributed by atoms with Crippen molar-refractivity contribution >= 4 is 27.6 Å². The topological polar surface area (TPSA) is 0 Å². The van der Waals surface area contributed by atoms with Gasteiger partial charge in [-0.3, -0.25) is 0 Å². The van der Waals surface area contributed by atoms with Crippen LogP contribution in [0.2, 0.25) is 0 Å². The molecule has 4 aromatic carbocycles. The lowest BCUT2D eigenvalue weighted by atomic mass is 9.96. The van der Waals surface area contributed by atoms with E-state index in [2.05, 4.69) is 85.4 Å². The summed E-state index contributed by atoms with van der Waals surface area (Å²) in [5.41, 5.74) is 3.69. The van der Waals surface area contributed by atoms with E-state index in [1.807, 2.05) is 6.08 Å². The van der Waals surface area contributed by atoms with Crippen molar-refractivity contribution < 1.29 is 0 Å². The van der Waals surface area contributed by atoms with Crippen LogP contribution in [-0.2, 0) is 0 Å². The van der Waals surface area contributed by atoms with Crippen LogP contribution in [0.4, 0.5) is 0 Å². The minimum atomic E-state index is 1.16. The average Bonchev–Trinajstić information content (AvgIpc) is 2.60. The number of rotatable bonds is 2. The molecule has 0 N–H and O–H groups in total. The number of hydrogen-bond acceptors (Lipinski definition) is 0. The molecular formula is C22H16. The molecule has 0 bridgehead atoms. The number of fused-ring (bicyclic) bond motifs is 2.